The molecule has 0 spiro atoms. The lowest BCUT2D eigenvalue weighted by Gasteiger charge is -2.17. The molecule has 8 heteroatoms. The molecule has 0 radical (unpaired) electrons. The van der Waals surface area contributed by atoms with E-state index in [1.165, 1.54) is 11.8 Å². The second-order valence-electron chi connectivity index (χ2n) is 8.20. The number of carbonyl (C=O) groups is 1. The lowest BCUT2D eigenvalue weighted by Crippen LogP contribution is -2.28. The van der Waals surface area contributed by atoms with E-state index >= 15 is 0 Å². The van der Waals surface area contributed by atoms with Gasteiger partial charge in [0.25, 0.3) is 5.56 Å². The summed E-state index contributed by atoms with van der Waals surface area (Å²) in [6, 6.07) is 15.2. The number of rotatable bonds is 7. The number of aromatic nitrogens is 2. The molecule has 0 aliphatic heterocycles. The van der Waals surface area contributed by atoms with Gasteiger partial charge in [0.15, 0.2) is 5.16 Å². The van der Waals surface area contributed by atoms with Crippen LogP contribution in [-0.2, 0) is 11.3 Å². The van der Waals surface area contributed by atoms with E-state index in [1.807, 2.05) is 48.5 Å². The van der Waals surface area contributed by atoms with E-state index in [1.54, 1.807) is 11.7 Å². The number of benzene rings is 2. The average molecular weight is 464 g/mol. The van der Waals surface area contributed by atoms with Gasteiger partial charge in [0.05, 0.1) is 12.9 Å². The van der Waals surface area contributed by atoms with Gasteiger partial charge in [-0.15, -0.1) is 0 Å². The van der Waals surface area contributed by atoms with Gasteiger partial charge in [-0.2, -0.15) is 0 Å². The highest BCUT2D eigenvalue weighted by atomic mass is 32.2. The number of hydrogen-bond acceptors (Lipinski definition) is 6. The van der Waals surface area contributed by atoms with E-state index in [9.17, 15) is 9.59 Å². The van der Waals surface area contributed by atoms with Gasteiger partial charge in [-0.3, -0.25) is 14.2 Å². The highest BCUT2D eigenvalue weighted by Crippen LogP contribution is 2.34. The highest BCUT2D eigenvalue weighted by Gasteiger charge is 2.25. The first-order chi connectivity index (χ1) is 16.1. The van der Waals surface area contributed by atoms with Gasteiger partial charge in [-0.25, -0.2) is 4.98 Å². The van der Waals surface area contributed by atoms with Crippen molar-refractivity contribution in [3.8, 4) is 5.75 Å². The molecule has 0 unspecified atom stereocenters. The number of methoxy groups -OCH3 is 1. The van der Waals surface area contributed by atoms with Crippen LogP contribution in [0.1, 0.15) is 37.3 Å². The van der Waals surface area contributed by atoms with E-state index < -0.39 is 0 Å². The van der Waals surface area contributed by atoms with Crippen LogP contribution in [0.4, 0.5) is 0 Å². The van der Waals surface area contributed by atoms with E-state index in [0.717, 1.165) is 42.4 Å². The minimum absolute atomic E-state index is 0.0903. The molecule has 5 rings (SSSR count). The van der Waals surface area contributed by atoms with Crippen molar-refractivity contribution in [2.24, 2.45) is 0 Å². The third-order valence-electron chi connectivity index (χ3n) is 6.07. The third kappa shape index (κ3) is 4.35. The van der Waals surface area contributed by atoms with Crippen molar-refractivity contribution >= 4 is 39.7 Å². The first-order valence-corrected chi connectivity index (χ1v) is 12.1. The maximum atomic E-state index is 13.4. The second-order valence-corrected chi connectivity index (χ2v) is 9.14. The quantitative estimate of drug-likeness (QED) is 0.317. The number of nitrogens with one attached hydrogen (secondary N) is 1. The third-order valence-corrected chi connectivity index (χ3v) is 7.02. The Balaban J connectivity index is 1.38. The largest absolute Gasteiger partial charge is 0.497 e. The van der Waals surface area contributed by atoms with Crippen LogP contribution in [0.25, 0.3) is 22.1 Å². The number of carbonyl (C=O) groups excluding carboxylic acids is 1. The number of hydrogen-bond donors (Lipinski definition) is 1. The average Bonchev–Trinajstić information content (AvgIpc) is 3.50. The molecule has 0 bridgehead atoms. The minimum atomic E-state index is -0.163. The van der Waals surface area contributed by atoms with E-state index in [-0.39, 0.29) is 28.8 Å². The van der Waals surface area contributed by atoms with Crippen LogP contribution in [0.3, 0.4) is 0 Å². The molecule has 1 aliphatic rings. The molecular formula is C25H25N3O4S. The predicted molar refractivity (Wildman–Crippen MR) is 129 cm³/mol. The molecule has 7 nitrogen and oxygen atoms in total. The summed E-state index contributed by atoms with van der Waals surface area (Å²) in [4.78, 5) is 30.8. The number of thioether (sulfide) groups is 1. The van der Waals surface area contributed by atoms with E-state index in [0.29, 0.717) is 22.8 Å². The van der Waals surface area contributed by atoms with Gasteiger partial charge < -0.3 is 14.5 Å². The first-order valence-electron chi connectivity index (χ1n) is 11.1. The molecule has 1 saturated carbocycles. The van der Waals surface area contributed by atoms with Crippen LogP contribution in [0.2, 0.25) is 0 Å². The summed E-state index contributed by atoms with van der Waals surface area (Å²) >= 11 is 1.30. The Labute approximate surface area is 195 Å². The van der Waals surface area contributed by atoms with Crippen molar-refractivity contribution in [3.05, 3.63) is 64.4 Å². The number of para-hydroxylation sites is 1. The monoisotopic (exact) mass is 463 g/mol. The fourth-order valence-corrected chi connectivity index (χ4v) is 5.23. The van der Waals surface area contributed by atoms with Gasteiger partial charge in [0, 0.05) is 18.0 Å². The number of fused-ring (bicyclic) bond motifs is 3. The summed E-state index contributed by atoms with van der Waals surface area (Å²) in [6.45, 7) is 0.428. The van der Waals surface area contributed by atoms with E-state index in [2.05, 4.69) is 5.32 Å². The highest BCUT2D eigenvalue weighted by molar-refractivity contribution is 7.99. The van der Waals surface area contributed by atoms with Gasteiger partial charge >= 0.3 is 0 Å². The van der Waals surface area contributed by atoms with Crippen molar-refractivity contribution in [3.63, 3.8) is 0 Å². The van der Waals surface area contributed by atoms with Crippen LogP contribution in [-0.4, -0.2) is 28.3 Å². The van der Waals surface area contributed by atoms with E-state index in [4.69, 9.17) is 14.1 Å². The van der Waals surface area contributed by atoms with Crippen LogP contribution in [0.5, 0.6) is 5.75 Å². The molecule has 0 saturated heterocycles. The molecule has 33 heavy (non-hydrogen) atoms. The maximum Gasteiger partial charge on any atom is 0.298 e. The molecule has 2 heterocycles. The topological polar surface area (TPSA) is 86.4 Å². The Bertz CT molecular complexity index is 1350. The van der Waals surface area contributed by atoms with Gasteiger partial charge in [0.2, 0.25) is 11.5 Å². The zero-order valence-corrected chi connectivity index (χ0v) is 19.2. The predicted octanol–water partition coefficient (Wildman–Crippen LogP) is 4.67. The molecule has 1 amide bonds. The van der Waals surface area contributed by atoms with Crippen LogP contribution >= 0.6 is 11.8 Å². The normalized spacial score (nSPS) is 14.2. The molecule has 170 valence electrons. The fourth-order valence-electron chi connectivity index (χ4n) is 4.35. The molecule has 4 aromatic rings. The summed E-state index contributed by atoms with van der Waals surface area (Å²) in [7, 11) is 1.62. The summed E-state index contributed by atoms with van der Waals surface area (Å²) in [5.41, 5.74) is 2.32. The van der Waals surface area contributed by atoms with Crippen LogP contribution < -0.4 is 15.6 Å². The number of ether oxygens (including phenoxy) is 1. The smallest absolute Gasteiger partial charge is 0.298 e. The number of nitrogens with zero attached hydrogens (tertiary/aromatic N) is 2. The fraction of sp³-hybridized carbons (Fsp3) is 0.320. The van der Waals surface area contributed by atoms with Crippen molar-refractivity contribution in [2.75, 3.05) is 12.9 Å². The number of furan rings is 1. The molecule has 1 aliphatic carbocycles. The SMILES string of the molecule is COc1ccc(CNC(=O)CSc2nc3c(oc4ccccc43)c(=O)n2C2CCCC2)cc1. The second kappa shape index (κ2) is 9.31. The molecular weight excluding hydrogens is 438 g/mol. The van der Waals surface area contributed by atoms with Gasteiger partial charge in [-0.1, -0.05) is 48.9 Å². The summed E-state index contributed by atoms with van der Waals surface area (Å²) < 4.78 is 12.8. The molecule has 2 aromatic carbocycles. The summed E-state index contributed by atoms with van der Waals surface area (Å²) in [5, 5.41) is 4.33. The molecule has 1 N–H and O–H groups in total. The molecule has 2 aromatic heterocycles. The Hall–Kier alpha value is -3.26. The Kier molecular flexibility index (Phi) is 6.09. The minimum Gasteiger partial charge on any atom is -0.497 e. The van der Waals surface area contributed by atoms with Crippen molar-refractivity contribution in [1.29, 1.82) is 0 Å². The molecule has 1 fully saturated rings. The Morgan fingerprint density at radius 1 is 1.18 bits per heavy atom. The van der Waals surface area contributed by atoms with Gasteiger partial charge in [0.1, 0.15) is 16.8 Å². The number of amides is 1. The van der Waals surface area contributed by atoms with Crippen molar-refractivity contribution < 1.29 is 13.9 Å². The Morgan fingerprint density at radius 3 is 2.70 bits per heavy atom. The van der Waals surface area contributed by atoms with Crippen molar-refractivity contribution in [2.45, 2.75) is 43.4 Å². The van der Waals surface area contributed by atoms with Crippen LogP contribution in [0.15, 0.2) is 62.9 Å². The lowest BCUT2D eigenvalue weighted by molar-refractivity contribution is -0.118. The Morgan fingerprint density at radius 2 is 1.94 bits per heavy atom. The standard InChI is InChI=1S/C25H25N3O4S/c1-31-18-12-10-16(11-13-18)14-26-21(29)15-33-25-27-22-19-8-4-5-9-20(19)32-23(22)24(30)28(25)17-6-2-3-7-17/h4-5,8-13,17H,2-3,6-7,14-15H2,1H3,(H,26,29). The lowest BCUT2D eigenvalue weighted by atomic mass is 10.2. The first kappa shape index (κ1) is 21.6. The summed E-state index contributed by atoms with van der Waals surface area (Å²) in [5.74, 6) is 0.843. The molecule has 0 atom stereocenters. The summed E-state index contributed by atoms with van der Waals surface area (Å²) in [6.07, 6.45) is 4.04. The maximum absolute atomic E-state index is 13.4. The zero-order chi connectivity index (χ0) is 22.8. The van der Waals surface area contributed by atoms with Crippen molar-refractivity contribution in [1.82, 2.24) is 14.9 Å². The van der Waals surface area contributed by atoms with Gasteiger partial charge in [-0.05, 0) is 42.7 Å². The van der Waals surface area contributed by atoms with Crippen LogP contribution in [0, 0.1) is 0 Å². The zero-order valence-electron chi connectivity index (χ0n) is 18.4.